The Balaban J connectivity index is 2.48. The maximum absolute atomic E-state index is 9.01. The van der Waals surface area contributed by atoms with Gasteiger partial charge in [-0.25, -0.2) is 0 Å². The van der Waals surface area contributed by atoms with E-state index in [1.807, 2.05) is 6.07 Å². The molecule has 0 aliphatic heterocycles. The van der Waals surface area contributed by atoms with Crippen molar-refractivity contribution in [3.63, 3.8) is 0 Å². The molecule has 0 radical (unpaired) electrons. The Morgan fingerprint density at radius 3 is 2.67 bits per heavy atom. The summed E-state index contributed by atoms with van der Waals surface area (Å²) in [5.41, 5.74) is 1.94. The van der Waals surface area contributed by atoms with E-state index in [2.05, 4.69) is 4.98 Å². The number of benzene rings is 1. The lowest BCUT2D eigenvalue weighted by Gasteiger charge is -2.06. The van der Waals surface area contributed by atoms with Gasteiger partial charge in [0.2, 0.25) is 0 Å². The number of nitriles is 1. The molecule has 0 bridgehead atoms. The molecule has 2 aromatic rings. The van der Waals surface area contributed by atoms with Gasteiger partial charge in [-0.1, -0.05) is 23.7 Å². The van der Waals surface area contributed by atoms with Gasteiger partial charge in [-0.2, -0.15) is 5.26 Å². The highest BCUT2D eigenvalue weighted by molar-refractivity contribution is 6.59. The summed E-state index contributed by atoms with van der Waals surface area (Å²) in [5, 5.41) is 27.1. The van der Waals surface area contributed by atoms with Crippen LogP contribution in [-0.2, 0) is 0 Å². The second kappa shape index (κ2) is 5.19. The molecule has 0 fully saturated rings. The fraction of sp³-hybridized carbons (Fsp3) is 0. The SMILES string of the molecule is N#Cc1cccc(-c2ncc(B(O)O)cc2Cl)c1. The number of hydrogen-bond donors (Lipinski definition) is 2. The molecule has 1 aromatic heterocycles. The molecule has 0 spiro atoms. The molecule has 0 saturated carbocycles. The molecule has 2 N–H and O–H groups in total. The highest BCUT2D eigenvalue weighted by Gasteiger charge is 2.14. The molecule has 0 unspecified atom stereocenters. The van der Waals surface area contributed by atoms with Crippen LogP contribution in [0.5, 0.6) is 0 Å². The van der Waals surface area contributed by atoms with Crippen LogP contribution in [-0.4, -0.2) is 22.2 Å². The Labute approximate surface area is 109 Å². The lowest BCUT2D eigenvalue weighted by Crippen LogP contribution is -2.30. The first-order valence-electron chi connectivity index (χ1n) is 5.14. The van der Waals surface area contributed by atoms with Crippen molar-refractivity contribution in [2.45, 2.75) is 0 Å². The highest BCUT2D eigenvalue weighted by Crippen LogP contribution is 2.25. The quantitative estimate of drug-likeness (QED) is 0.786. The third-order valence-corrected chi connectivity index (χ3v) is 2.71. The average molecular weight is 258 g/mol. The summed E-state index contributed by atoms with van der Waals surface area (Å²) in [4.78, 5) is 4.08. The van der Waals surface area contributed by atoms with Crippen molar-refractivity contribution in [3.8, 4) is 17.3 Å². The van der Waals surface area contributed by atoms with Gasteiger partial charge in [-0.15, -0.1) is 0 Å². The van der Waals surface area contributed by atoms with Crippen LogP contribution >= 0.6 is 11.6 Å². The Morgan fingerprint density at radius 2 is 2.06 bits per heavy atom. The van der Waals surface area contributed by atoms with E-state index < -0.39 is 7.12 Å². The van der Waals surface area contributed by atoms with Crippen LogP contribution in [0.1, 0.15) is 5.56 Å². The summed E-state index contributed by atoms with van der Waals surface area (Å²) in [6.07, 6.45) is 1.34. The maximum atomic E-state index is 9.01. The highest BCUT2D eigenvalue weighted by atomic mass is 35.5. The van der Waals surface area contributed by atoms with Crippen LogP contribution in [0.3, 0.4) is 0 Å². The molecule has 6 heteroatoms. The van der Waals surface area contributed by atoms with E-state index in [0.29, 0.717) is 21.8 Å². The lowest BCUT2D eigenvalue weighted by molar-refractivity contribution is 0.425. The van der Waals surface area contributed by atoms with Crippen molar-refractivity contribution in [2.24, 2.45) is 0 Å². The first kappa shape index (κ1) is 12.6. The minimum Gasteiger partial charge on any atom is -0.423 e. The zero-order valence-corrected chi connectivity index (χ0v) is 9.96. The van der Waals surface area contributed by atoms with Crippen molar-refractivity contribution < 1.29 is 10.0 Å². The fourth-order valence-electron chi connectivity index (χ4n) is 1.54. The Hall–Kier alpha value is -1.87. The summed E-state index contributed by atoms with van der Waals surface area (Å²) in [5.74, 6) is 0. The van der Waals surface area contributed by atoms with Crippen LogP contribution in [0.15, 0.2) is 36.5 Å². The summed E-state index contributed by atoms with van der Waals surface area (Å²) < 4.78 is 0. The van der Waals surface area contributed by atoms with Gasteiger partial charge in [0.1, 0.15) is 0 Å². The topological polar surface area (TPSA) is 77.1 Å². The van der Waals surface area contributed by atoms with Gasteiger partial charge in [0.15, 0.2) is 0 Å². The predicted molar refractivity (Wildman–Crippen MR) is 69.2 cm³/mol. The van der Waals surface area contributed by atoms with Gasteiger partial charge >= 0.3 is 7.12 Å². The van der Waals surface area contributed by atoms with Crippen LogP contribution in [0, 0.1) is 11.3 Å². The third kappa shape index (κ3) is 2.52. The molecule has 0 atom stereocenters. The standard InChI is InChI=1S/C12H8BClN2O2/c14-11-5-10(13(17)18)7-16-12(11)9-3-1-2-8(4-9)6-15/h1-5,7,17-18H. The number of aromatic nitrogens is 1. The van der Waals surface area contributed by atoms with Gasteiger partial charge in [-0.3, -0.25) is 4.98 Å². The molecule has 2 rings (SSSR count). The van der Waals surface area contributed by atoms with Gasteiger partial charge in [0, 0.05) is 17.2 Å². The molecular formula is C12H8BClN2O2. The molecule has 4 nitrogen and oxygen atoms in total. The number of hydrogen-bond acceptors (Lipinski definition) is 4. The Bertz CT molecular complexity index is 626. The summed E-state index contributed by atoms with van der Waals surface area (Å²) in [6, 6.07) is 10.3. The summed E-state index contributed by atoms with van der Waals surface area (Å²) in [7, 11) is -1.60. The zero-order chi connectivity index (χ0) is 13.1. The zero-order valence-electron chi connectivity index (χ0n) is 9.21. The molecule has 0 amide bonds. The average Bonchev–Trinajstić information content (AvgIpc) is 2.38. The van der Waals surface area contributed by atoms with Gasteiger partial charge in [0.25, 0.3) is 0 Å². The fourth-order valence-corrected chi connectivity index (χ4v) is 1.83. The van der Waals surface area contributed by atoms with Gasteiger partial charge < -0.3 is 10.0 Å². The molecular weight excluding hydrogens is 250 g/mol. The molecule has 0 aliphatic carbocycles. The van der Waals surface area contributed by atoms with Crippen LogP contribution in [0.4, 0.5) is 0 Å². The smallest absolute Gasteiger partial charge is 0.423 e. The monoisotopic (exact) mass is 258 g/mol. The molecule has 1 heterocycles. The number of pyridine rings is 1. The maximum Gasteiger partial charge on any atom is 0.490 e. The molecule has 1 aromatic carbocycles. The van der Waals surface area contributed by atoms with Crippen molar-refractivity contribution in [2.75, 3.05) is 0 Å². The minimum absolute atomic E-state index is 0.222. The number of halogens is 1. The van der Waals surface area contributed by atoms with Crippen molar-refractivity contribution in [3.05, 3.63) is 47.1 Å². The molecule has 88 valence electrons. The summed E-state index contributed by atoms with van der Waals surface area (Å²) >= 11 is 6.04. The van der Waals surface area contributed by atoms with Gasteiger partial charge in [0.05, 0.1) is 22.3 Å². The van der Waals surface area contributed by atoms with E-state index in [0.717, 1.165) is 0 Å². The largest absolute Gasteiger partial charge is 0.490 e. The first-order valence-corrected chi connectivity index (χ1v) is 5.51. The first-order chi connectivity index (χ1) is 8.61. The lowest BCUT2D eigenvalue weighted by atomic mass is 9.81. The Kier molecular flexibility index (Phi) is 3.63. The van der Waals surface area contributed by atoms with Crippen LogP contribution in [0.2, 0.25) is 5.02 Å². The van der Waals surface area contributed by atoms with Crippen LogP contribution < -0.4 is 5.46 Å². The van der Waals surface area contributed by atoms with Crippen LogP contribution in [0.25, 0.3) is 11.3 Å². The second-order valence-corrected chi connectivity index (χ2v) is 4.07. The van der Waals surface area contributed by atoms with E-state index in [-0.39, 0.29) is 5.46 Å². The molecule has 0 aliphatic rings. The van der Waals surface area contributed by atoms with E-state index in [4.69, 9.17) is 26.9 Å². The van der Waals surface area contributed by atoms with Crippen molar-refractivity contribution >= 4 is 24.2 Å². The summed E-state index contributed by atoms with van der Waals surface area (Å²) in [6.45, 7) is 0. The number of nitrogens with zero attached hydrogens (tertiary/aromatic N) is 2. The van der Waals surface area contributed by atoms with E-state index in [1.54, 1.807) is 24.3 Å². The van der Waals surface area contributed by atoms with E-state index in [1.165, 1.54) is 12.3 Å². The van der Waals surface area contributed by atoms with E-state index in [9.17, 15) is 0 Å². The van der Waals surface area contributed by atoms with E-state index >= 15 is 0 Å². The van der Waals surface area contributed by atoms with Crippen molar-refractivity contribution in [1.29, 1.82) is 5.26 Å². The normalized spacial score (nSPS) is 9.89. The number of rotatable bonds is 2. The minimum atomic E-state index is -1.60. The third-order valence-electron chi connectivity index (χ3n) is 2.43. The molecule has 18 heavy (non-hydrogen) atoms. The van der Waals surface area contributed by atoms with Crippen molar-refractivity contribution in [1.82, 2.24) is 4.98 Å². The van der Waals surface area contributed by atoms with Gasteiger partial charge in [-0.05, 0) is 18.2 Å². The predicted octanol–water partition coefficient (Wildman–Crippen LogP) is 0.953. The molecule has 0 saturated heterocycles. The second-order valence-electron chi connectivity index (χ2n) is 3.67. The Morgan fingerprint density at radius 1 is 1.28 bits per heavy atom.